The molecule has 0 bridgehead atoms. The standard InChI is InChI=1S/C16H14ClFO/c1-11(12-5-3-2-4-6-12)16(19)10-13-9-14(17)7-8-15(13)18/h2-9,11H,10H2,1H3. The minimum Gasteiger partial charge on any atom is -0.299 e. The lowest BCUT2D eigenvalue weighted by molar-refractivity contribution is -0.119. The van der Waals surface area contributed by atoms with Crippen LogP contribution in [0.25, 0.3) is 0 Å². The van der Waals surface area contributed by atoms with Crippen LogP contribution < -0.4 is 0 Å². The van der Waals surface area contributed by atoms with Gasteiger partial charge in [-0.05, 0) is 29.3 Å². The summed E-state index contributed by atoms with van der Waals surface area (Å²) < 4.78 is 13.6. The van der Waals surface area contributed by atoms with Gasteiger partial charge in [0, 0.05) is 17.4 Å². The highest BCUT2D eigenvalue weighted by molar-refractivity contribution is 6.30. The quantitative estimate of drug-likeness (QED) is 0.809. The molecule has 2 rings (SSSR count). The zero-order valence-electron chi connectivity index (χ0n) is 10.6. The van der Waals surface area contributed by atoms with Crippen LogP contribution in [-0.4, -0.2) is 5.78 Å². The first kappa shape index (κ1) is 13.8. The number of carbonyl (C=O) groups excluding carboxylic acids is 1. The molecule has 0 heterocycles. The number of ketones is 1. The fourth-order valence-electron chi connectivity index (χ4n) is 1.95. The van der Waals surface area contributed by atoms with E-state index in [1.807, 2.05) is 37.3 Å². The highest BCUT2D eigenvalue weighted by atomic mass is 35.5. The second kappa shape index (κ2) is 5.98. The molecule has 0 amide bonds. The monoisotopic (exact) mass is 276 g/mol. The van der Waals surface area contributed by atoms with Crippen molar-refractivity contribution in [1.82, 2.24) is 0 Å². The Bertz CT molecular complexity index is 581. The van der Waals surface area contributed by atoms with Crippen LogP contribution in [-0.2, 0) is 11.2 Å². The summed E-state index contributed by atoms with van der Waals surface area (Å²) in [5.74, 6) is -0.662. The first-order valence-corrected chi connectivity index (χ1v) is 6.47. The summed E-state index contributed by atoms with van der Waals surface area (Å²) in [4.78, 5) is 12.2. The lowest BCUT2D eigenvalue weighted by Crippen LogP contribution is -2.13. The van der Waals surface area contributed by atoms with Gasteiger partial charge in [-0.2, -0.15) is 0 Å². The molecule has 2 aromatic carbocycles. The summed E-state index contributed by atoms with van der Waals surface area (Å²) in [6.07, 6.45) is 0.0580. The van der Waals surface area contributed by atoms with Crippen LogP contribution in [0.3, 0.4) is 0 Å². The number of hydrogen-bond donors (Lipinski definition) is 0. The Morgan fingerprint density at radius 2 is 1.89 bits per heavy atom. The summed E-state index contributed by atoms with van der Waals surface area (Å²) in [5, 5.41) is 0.441. The Labute approximate surface area is 117 Å². The average molecular weight is 277 g/mol. The van der Waals surface area contributed by atoms with E-state index in [0.717, 1.165) is 5.56 Å². The molecule has 0 aliphatic heterocycles. The molecule has 0 aromatic heterocycles. The number of hydrogen-bond acceptors (Lipinski definition) is 1. The smallest absolute Gasteiger partial charge is 0.144 e. The van der Waals surface area contributed by atoms with Crippen molar-refractivity contribution in [3.8, 4) is 0 Å². The number of halogens is 2. The molecule has 0 saturated heterocycles. The predicted octanol–water partition coefficient (Wildman–Crippen LogP) is 4.39. The van der Waals surface area contributed by atoms with Gasteiger partial charge < -0.3 is 0 Å². The van der Waals surface area contributed by atoms with Crippen LogP contribution in [0.15, 0.2) is 48.5 Å². The van der Waals surface area contributed by atoms with Gasteiger partial charge in [0.2, 0.25) is 0 Å². The van der Waals surface area contributed by atoms with E-state index < -0.39 is 5.82 Å². The van der Waals surface area contributed by atoms with Crippen molar-refractivity contribution in [3.05, 3.63) is 70.5 Å². The fraction of sp³-hybridized carbons (Fsp3) is 0.188. The predicted molar refractivity (Wildman–Crippen MR) is 75.0 cm³/mol. The minimum absolute atomic E-state index is 0.0210. The molecule has 19 heavy (non-hydrogen) atoms. The van der Waals surface area contributed by atoms with Gasteiger partial charge in [-0.1, -0.05) is 48.9 Å². The van der Waals surface area contributed by atoms with Crippen molar-refractivity contribution in [1.29, 1.82) is 0 Å². The largest absolute Gasteiger partial charge is 0.299 e. The zero-order chi connectivity index (χ0) is 13.8. The van der Waals surface area contributed by atoms with Crippen LogP contribution >= 0.6 is 11.6 Å². The summed E-state index contributed by atoms with van der Waals surface area (Å²) in [6, 6.07) is 13.7. The van der Waals surface area contributed by atoms with Crippen molar-refractivity contribution in [3.63, 3.8) is 0 Å². The maximum atomic E-state index is 13.6. The molecule has 98 valence electrons. The van der Waals surface area contributed by atoms with Crippen molar-refractivity contribution < 1.29 is 9.18 Å². The third kappa shape index (κ3) is 3.42. The highest BCUT2D eigenvalue weighted by Gasteiger charge is 2.17. The number of Topliss-reactive ketones (excluding diaryl/α,β-unsaturated/α-hetero) is 1. The van der Waals surface area contributed by atoms with E-state index in [2.05, 4.69) is 0 Å². The molecule has 3 heteroatoms. The van der Waals surface area contributed by atoms with E-state index in [1.54, 1.807) is 0 Å². The van der Waals surface area contributed by atoms with Crippen molar-refractivity contribution in [2.45, 2.75) is 19.3 Å². The lowest BCUT2D eigenvalue weighted by atomic mass is 9.93. The van der Waals surface area contributed by atoms with Gasteiger partial charge in [0.1, 0.15) is 11.6 Å². The van der Waals surface area contributed by atoms with Gasteiger partial charge in [0.15, 0.2) is 0 Å². The second-order valence-corrected chi connectivity index (χ2v) is 4.95. The molecule has 0 N–H and O–H groups in total. The Hall–Kier alpha value is -1.67. The van der Waals surface area contributed by atoms with Gasteiger partial charge in [-0.15, -0.1) is 0 Å². The summed E-state index contributed by atoms with van der Waals surface area (Å²) >= 11 is 5.82. The van der Waals surface area contributed by atoms with E-state index >= 15 is 0 Å². The Morgan fingerprint density at radius 1 is 1.21 bits per heavy atom. The van der Waals surface area contributed by atoms with Crippen LogP contribution in [0, 0.1) is 5.82 Å². The van der Waals surface area contributed by atoms with Gasteiger partial charge in [0.25, 0.3) is 0 Å². The van der Waals surface area contributed by atoms with Gasteiger partial charge >= 0.3 is 0 Å². The van der Waals surface area contributed by atoms with Gasteiger partial charge in [-0.3, -0.25) is 4.79 Å². The maximum Gasteiger partial charge on any atom is 0.144 e. The summed E-state index contributed by atoms with van der Waals surface area (Å²) in [5.41, 5.74) is 1.29. The molecule has 2 aromatic rings. The molecule has 0 radical (unpaired) electrons. The third-order valence-corrected chi connectivity index (χ3v) is 3.39. The summed E-state index contributed by atoms with van der Waals surface area (Å²) in [6.45, 7) is 1.83. The SMILES string of the molecule is CC(C(=O)Cc1cc(Cl)ccc1F)c1ccccc1. The van der Waals surface area contributed by atoms with Crippen molar-refractivity contribution in [2.24, 2.45) is 0 Å². The normalized spacial score (nSPS) is 12.2. The molecule has 0 saturated carbocycles. The number of rotatable bonds is 4. The molecule has 1 nitrogen and oxygen atoms in total. The summed E-state index contributed by atoms with van der Waals surface area (Å²) in [7, 11) is 0. The van der Waals surface area contributed by atoms with Crippen LogP contribution in [0.4, 0.5) is 4.39 Å². The number of benzene rings is 2. The maximum absolute atomic E-state index is 13.6. The molecule has 0 aliphatic rings. The van der Waals surface area contributed by atoms with Gasteiger partial charge in [-0.25, -0.2) is 4.39 Å². The Kier molecular flexibility index (Phi) is 4.33. The van der Waals surface area contributed by atoms with E-state index in [1.165, 1.54) is 18.2 Å². The van der Waals surface area contributed by atoms with Crippen LogP contribution in [0.2, 0.25) is 5.02 Å². The minimum atomic E-state index is -0.391. The molecule has 0 spiro atoms. The molecule has 0 aliphatic carbocycles. The molecule has 0 fully saturated rings. The van der Waals surface area contributed by atoms with Crippen LogP contribution in [0.5, 0.6) is 0 Å². The first-order valence-electron chi connectivity index (χ1n) is 6.09. The fourth-order valence-corrected chi connectivity index (χ4v) is 2.14. The van der Waals surface area contributed by atoms with Crippen LogP contribution in [0.1, 0.15) is 24.0 Å². The van der Waals surface area contributed by atoms with Crippen molar-refractivity contribution >= 4 is 17.4 Å². The molecule has 1 unspecified atom stereocenters. The number of carbonyl (C=O) groups is 1. The van der Waals surface area contributed by atoms with E-state index in [9.17, 15) is 9.18 Å². The van der Waals surface area contributed by atoms with Gasteiger partial charge in [0.05, 0.1) is 0 Å². The second-order valence-electron chi connectivity index (χ2n) is 4.51. The van der Waals surface area contributed by atoms with E-state index in [0.29, 0.717) is 10.6 Å². The van der Waals surface area contributed by atoms with Crippen molar-refractivity contribution in [2.75, 3.05) is 0 Å². The first-order chi connectivity index (χ1) is 9.08. The molecular formula is C16H14ClFO. The van der Waals surface area contributed by atoms with E-state index in [-0.39, 0.29) is 18.1 Å². The lowest BCUT2D eigenvalue weighted by Gasteiger charge is -2.11. The Morgan fingerprint density at radius 3 is 2.58 bits per heavy atom. The Balaban J connectivity index is 2.15. The highest BCUT2D eigenvalue weighted by Crippen LogP contribution is 2.21. The topological polar surface area (TPSA) is 17.1 Å². The molecular weight excluding hydrogens is 263 g/mol. The zero-order valence-corrected chi connectivity index (χ0v) is 11.3. The average Bonchev–Trinajstić information content (AvgIpc) is 2.43. The van der Waals surface area contributed by atoms with E-state index in [4.69, 9.17) is 11.6 Å². The molecule has 1 atom stereocenters. The third-order valence-electron chi connectivity index (χ3n) is 3.15.